The lowest BCUT2D eigenvalue weighted by atomic mass is 10.1. The van der Waals surface area contributed by atoms with E-state index in [9.17, 15) is 5.11 Å². The second kappa shape index (κ2) is 7.12. The van der Waals surface area contributed by atoms with E-state index in [4.69, 9.17) is 4.74 Å². The minimum atomic E-state index is 0.324. The van der Waals surface area contributed by atoms with Crippen molar-refractivity contribution in [2.75, 3.05) is 20.2 Å². The van der Waals surface area contributed by atoms with Crippen LogP contribution in [0.2, 0.25) is 0 Å². The van der Waals surface area contributed by atoms with Gasteiger partial charge in [0.2, 0.25) is 0 Å². The first kappa shape index (κ1) is 15.3. The lowest BCUT2D eigenvalue weighted by molar-refractivity contribution is 0.00641. The number of phenols is 1. The van der Waals surface area contributed by atoms with Gasteiger partial charge >= 0.3 is 0 Å². The van der Waals surface area contributed by atoms with Crippen LogP contribution in [0.3, 0.4) is 0 Å². The summed E-state index contributed by atoms with van der Waals surface area (Å²) < 4.78 is 5.80. The number of ether oxygens (including phenoxy) is 1. The topological polar surface area (TPSA) is 32.7 Å². The molecule has 118 valence electrons. The first-order valence-corrected chi connectivity index (χ1v) is 8.22. The van der Waals surface area contributed by atoms with Gasteiger partial charge in [0.15, 0.2) is 0 Å². The molecule has 3 heteroatoms. The Bertz CT molecular complexity index is 620. The van der Waals surface area contributed by atoms with Crippen molar-refractivity contribution >= 4 is 10.8 Å². The van der Waals surface area contributed by atoms with Crippen LogP contribution in [0.25, 0.3) is 10.8 Å². The fraction of sp³-hybridized carbons (Fsp3) is 0.474. The van der Waals surface area contributed by atoms with Gasteiger partial charge in [-0.25, -0.2) is 0 Å². The molecule has 0 unspecified atom stereocenters. The third-order valence-corrected chi connectivity index (χ3v) is 4.45. The smallest absolute Gasteiger partial charge is 0.116 e. The molecule has 1 saturated heterocycles. The highest BCUT2D eigenvalue weighted by Gasteiger charge is 2.14. The summed E-state index contributed by atoms with van der Waals surface area (Å²) in [5.74, 6) is 0.324. The van der Waals surface area contributed by atoms with Crippen molar-refractivity contribution in [3.05, 3.63) is 42.0 Å². The summed E-state index contributed by atoms with van der Waals surface area (Å²) in [5.41, 5.74) is 1.31. The molecule has 1 N–H and O–H groups in total. The molecule has 22 heavy (non-hydrogen) atoms. The number of hydrogen-bond donors (Lipinski definition) is 1. The molecule has 1 atom stereocenters. The maximum Gasteiger partial charge on any atom is 0.116 e. The van der Waals surface area contributed by atoms with Gasteiger partial charge in [0.25, 0.3) is 0 Å². The molecule has 1 aliphatic rings. The van der Waals surface area contributed by atoms with Crippen molar-refractivity contribution in [3.63, 3.8) is 0 Å². The molecular weight excluding hydrogens is 274 g/mol. The molecule has 0 bridgehead atoms. The Kier molecular flexibility index (Phi) is 4.96. The number of rotatable bonds is 5. The van der Waals surface area contributed by atoms with Gasteiger partial charge in [-0.05, 0) is 67.3 Å². The average molecular weight is 299 g/mol. The number of benzene rings is 2. The molecule has 0 aromatic heterocycles. The van der Waals surface area contributed by atoms with Crippen LogP contribution in [-0.4, -0.2) is 36.3 Å². The number of aromatic hydroxyl groups is 1. The van der Waals surface area contributed by atoms with Gasteiger partial charge in [0.05, 0.1) is 6.10 Å². The molecule has 2 aromatic carbocycles. The van der Waals surface area contributed by atoms with Crippen molar-refractivity contribution < 1.29 is 9.84 Å². The first-order valence-electron chi connectivity index (χ1n) is 8.22. The first-order chi connectivity index (χ1) is 10.7. The minimum Gasteiger partial charge on any atom is -0.508 e. The maximum absolute atomic E-state index is 9.52. The Labute approximate surface area is 132 Å². The van der Waals surface area contributed by atoms with E-state index >= 15 is 0 Å². The van der Waals surface area contributed by atoms with Gasteiger partial charge in [-0.2, -0.15) is 0 Å². The average Bonchev–Trinajstić information content (AvgIpc) is 2.54. The monoisotopic (exact) mass is 299 g/mol. The molecule has 1 aliphatic heterocycles. The van der Waals surface area contributed by atoms with Gasteiger partial charge in [0, 0.05) is 19.7 Å². The van der Waals surface area contributed by atoms with Crippen molar-refractivity contribution in [2.24, 2.45) is 0 Å². The lowest BCUT2D eigenvalue weighted by Crippen LogP contribution is -2.26. The standard InChI is InChI=1S/C19H25NO2/c1-20(10-9-19-4-2-3-11-22-19)14-15-5-6-17-13-18(21)8-7-16(17)12-15/h5-8,12-13,19,21H,2-4,9-11,14H2,1H3/t19-/m1/s1. The summed E-state index contributed by atoms with van der Waals surface area (Å²) in [7, 11) is 2.17. The second-order valence-corrected chi connectivity index (χ2v) is 6.38. The lowest BCUT2D eigenvalue weighted by Gasteiger charge is -2.25. The summed E-state index contributed by atoms with van der Waals surface area (Å²) in [6.45, 7) is 2.95. The van der Waals surface area contributed by atoms with E-state index in [1.807, 2.05) is 12.1 Å². The van der Waals surface area contributed by atoms with Gasteiger partial charge in [-0.3, -0.25) is 0 Å². The SMILES string of the molecule is CN(CC[C@H]1CCCCO1)Cc1ccc2cc(O)ccc2c1. The number of phenolic OH excluding ortho intramolecular Hbond substituents is 1. The molecule has 0 radical (unpaired) electrons. The van der Waals surface area contributed by atoms with Crippen molar-refractivity contribution in [1.29, 1.82) is 0 Å². The van der Waals surface area contributed by atoms with E-state index in [-0.39, 0.29) is 0 Å². The zero-order valence-corrected chi connectivity index (χ0v) is 13.3. The van der Waals surface area contributed by atoms with E-state index in [0.29, 0.717) is 11.9 Å². The van der Waals surface area contributed by atoms with Crippen LogP contribution in [-0.2, 0) is 11.3 Å². The highest BCUT2D eigenvalue weighted by atomic mass is 16.5. The molecule has 0 aliphatic carbocycles. The number of nitrogens with zero attached hydrogens (tertiary/aromatic N) is 1. The highest BCUT2D eigenvalue weighted by Crippen LogP contribution is 2.22. The quantitative estimate of drug-likeness (QED) is 0.908. The Balaban J connectivity index is 1.56. The van der Waals surface area contributed by atoms with Crippen LogP contribution >= 0.6 is 0 Å². The fourth-order valence-electron chi connectivity index (χ4n) is 3.17. The zero-order chi connectivity index (χ0) is 15.4. The normalized spacial score (nSPS) is 18.9. The van der Waals surface area contributed by atoms with E-state index in [0.717, 1.165) is 31.5 Å². The van der Waals surface area contributed by atoms with Gasteiger partial charge in [-0.15, -0.1) is 0 Å². The van der Waals surface area contributed by atoms with Crippen molar-refractivity contribution in [1.82, 2.24) is 4.90 Å². The van der Waals surface area contributed by atoms with Crippen LogP contribution in [0.4, 0.5) is 0 Å². The third-order valence-electron chi connectivity index (χ3n) is 4.45. The predicted molar refractivity (Wildman–Crippen MR) is 90.2 cm³/mol. The van der Waals surface area contributed by atoms with Crippen molar-refractivity contribution in [2.45, 2.75) is 38.3 Å². The van der Waals surface area contributed by atoms with Crippen LogP contribution in [0.1, 0.15) is 31.2 Å². The molecule has 2 aromatic rings. The summed E-state index contributed by atoms with van der Waals surface area (Å²) >= 11 is 0. The molecule has 0 amide bonds. The maximum atomic E-state index is 9.52. The minimum absolute atomic E-state index is 0.324. The van der Waals surface area contributed by atoms with E-state index in [1.54, 1.807) is 6.07 Å². The fourth-order valence-corrected chi connectivity index (χ4v) is 3.17. The van der Waals surface area contributed by atoms with E-state index in [1.165, 1.54) is 30.2 Å². The predicted octanol–water partition coefficient (Wildman–Crippen LogP) is 3.94. The van der Waals surface area contributed by atoms with Crippen molar-refractivity contribution in [3.8, 4) is 5.75 Å². The molecule has 1 heterocycles. The van der Waals surface area contributed by atoms with Crippen LogP contribution in [0.5, 0.6) is 5.75 Å². The van der Waals surface area contributed by atoms with E-state index in [2.05, 4.69) is 30.1 Å². The van der Waals surface area contributed by atoms with Crippen LogP contribution < -0.4 is 0 Å². The van der Waals surface area contributed by atoms with Gasteiger partial charge in [0.1, 0.15) is 5.75 Å². The molecule has 1 fully saturated rings. The molecule has 0 spiro atoms. The molecular formula is C19H25NO2. The summed E-state index contributed by atoms with van der Waals surface area (Å²) in [5, 5.41) is 11.8. The van der Waals surface area contributed by atoms with E-state index < -0.39 is 0 Å². The summed E-state index contributed by atoms with van der Waals surface area (Å²) in [6.07, 6.45) is 5.33. The largest absolute Gasteiger partial charge is 0.508 e. The zero-order valence-electron chi connectivity index (χ0n) is 13.3. The Hall–Kier alpha value is -1.58. The van der Waals surface area contributed by atoms with Crippen LogP contribution in [0, 0.1) is 0 Å². The summed E-state index contributed by atoms with van der Waals surface area (Å²) in [4.78, 5) is 2.36. The Morgan fingerprint density at radius 1 is 1.14 bits per heavy atom. The van der Waals surface area contributed by atoms with Gasteiger partial charge in [-0.1, -0.05) is 18.2 Å². The Morgan fingerprint density at radius 3 is 2.77 bits per heavy atom. The Morgan fingerprint density at radius 2 is 1.95 bits per heavy atom. The third kappa shape index (κ3) is 3.99. The number of fused-ring (bicyclic) bond motifs is 1. The number of hydrogen-bond acceptors (Lipinski definition) is 3. The van der Waals surface area contributed by atoms with Crippen LogP contribution in [0.15, 0.2) is 36.4 Å². The summed E-state index contributed by atoms with van der Waals surface area (Å²) in [6, 6.07) is 12.0. The van der Waals surface area contributed by atoms with Gasteiger partial charge < -0.3 is 14.7 Å². The highest BCUT2D eigenvalue weighted by molar-refractivity contribution is 5.84. The molecule has 3 nitrogen and oxygen atoms in total. The molecule has 0 saturated carbocycles. The second-order valence-electron chi connectivity index (χ2n) is 6.38. The molecule has 3 rings (SSSR count).